The van der Waals surface area contributed by atoms with Gasteiger partial charge in [-0.2, -0.15) is 0 Å². The fourth-order valence-electron chi connectivity index (χ4n) is 17.0. The van der Waals surface area contributed by atoms with Crippen LogP contribution in [-0.4, -0.2) is 11.6 Å². The van der Waals surface area contributed by atoms with Crippen LogP contribution in [0.1, 0.15) is 130 Å². The molecule has 8 saturated carbocycles. The molecule has 0 saturated heterocycles. The molecule has 0 aromatic carbocycles. The zero-order chi connectivity index (χ0) is 34.4. The highest BCUT2D eigenvalue weighted by Crippen LogP contribution is 2.80. The summed E-state index contributed by atoms with van der Waals surface area (Å²) in [6, 6.07) is 0. The Bertz CT molecular complexity index is 1700. The van der Waals surface area contributed by atoms with Gasteiger partial charge in [-0.1, -0.05) is 86.4 Å². The van der Waals surface area contributed by atoms with Crippen molar-refractivity contribution in [2.24, 2.45) is 79.8 Å². The molecular weight excluding hydrogens is 609 g/mol. The highest BCUT2D eigenvalue weighted by molar-refractivity contribution is 5.92. The Hall–Kier alpha value is -2.22. The van der Waals surface area contributed by atoms with E-state index in [1.807, 2.05) is 11.1 Å². The Kier molecular flexibility index (Phi) is 5.93. The summed E-state index contributed by atoms with van der Waals surface area (Å²) in [4.78, 5) is 24.2. The lowest BCUT2D eigenvalue weighted by Crippen LogP contribution is -2.50. The molecule has 2 spiro atoms. The van der Waals surface area contributed by atoms with Crippen molar-refractivity contribution in [3.8, 4) is 0 Å². The van der Waals surface area contributed by atoms with Crippen molar-refractivity contribution in [3.05, 3.63) is 70.9 Å². The third-order valence-electron chi connectivity index (χ3n) is 19.8. The highest BCUT2D eigenvalue weighted by atomic mass is 16.1. The summed E-state index contributed by atoms with van der Waals surface area (Å²) in [6.07, 6.45) is 29.0. The van der Waals surface area contributed by atoms with Gasteiger partial charge in [0.15, 0.2) is 11.6 Å². The minimum absolute atomic E-state index is 0.289. The van der Waals surface area contributed by atoms with Gasteiger partial charge in [0, 0.05) is 23.7 Å². The lowest BCUT2D eigenvalue weighted by molar-refractivity contribution is -0.117. The molecule has 12 aliphatic rings. The van der Waals surface area contributed by atoms with Crippen LogP contribution in [0, 0.1) is 79.8 Å². The minimum Gasteiger partial charge on any atom is -0.295 e. The van der Waals surface area contributed by atoms with Gasteiger partial charge in [0.1, 0.15) is 0 Å². The van der Waals surface area contributed by atoms with Crippen LogP contribution in [-0.2, 0) is 9.59 Å². The molecule has 264 valence electrons. The molecule has 0 radical (unpaired) electrons. The average molecular weight is 669 g/mol. The van der Waals surface area contributed by atoms with Crippen molar-refractivity contribution in [2.75, 3.05) is 0 Å². The van der Waals surface area contributed by atoms with E-state index in [9.17, 15) is 9.59 Å². The first kappa shape index (κ1) is 31.3. The van der Waals surface area contributed by atoms with E-state index in [0.29, 0.717) is 45.1 Å². The molecular formula is C48H60O2. The van der Waals surface area contributed by atoms with Gasteiger partial charge in [0.05, 0.1) is 0 Å². The van der Waals surface area contributed by atoms with Crippen LogP contribution >= 0.6 is 0 Å². The number of allylic oxidation sites excluding steroid dienone is 10. The van der Waals surface area contributed by atoms with E-state index in [4.69, 9.17) is 0 Å². The highest BCUT2D eigenvalue weighted by Gasteiger charge is 2.71. The van der Waals surface area contributed by atoms with Gasteiger partial charge in [0.2, 0.25) is 0 Å². The predicted octanol–water partition coefficient (Wildman–Crippen LogP) is 11.3. The number of rotatable bonds is 0. The second kappa shape index (κ2) is 9.46. The van der Waals surface area contributed by atoms with Crippen LogP contribution in [0.3, 0.4) is 0 Å². The minimum atomic E-state index is 0.289. The van der Waals surface area contributed by atoms with Crippen molar-refractivity contribution in [1.29, 1.82) is 0 Å². The van der Waals surface area contributed by atoms with E-state index < -0.39 is 0 Å². The van der Waals surface area contributed by atoms with E-state index in [0.717, 1.165) is 61.2 Å². The fraction of sp³-hybridized carbons (Fsp3) is 0.708. The lowest BCUT2D eigenvalue weighted by atomic mass is 9.46. The van der Waals surface area contributed by atoms with Gasteiger partial charge in [0.25, 0.3) is 0 Å². The van der Waals surface area contributed by atoms with E-state index in [-0.39, 0.29) is 10.8 Å². The summed E-state index contributed by atoms with van der Waals surface area (Å²) in [6.45, 7) is 19.3. The predicted molar refractivity (Wildman–Crippen MR) is 200 cm³/mol. The van der Waals surface area contributed by atoms with Crippen molar-refractivity contribution in [1.82, 2.24) is 0 Å². The third kappa shape index (κ3) is 3.42. The first-order chi connectivity index (χ1) is 23.8. The van der Waals surface area contributed by atoms with Crippen molar-refractivity contribution >= 4 is 11.6 Å². The first-order valence-corrected chi connectivity index (χ1v) is 21.1. The van der Waals surface area contributed by atoms with Gasteiger partial charge < -0.3 is 0 Å². The topological polar surface area (TPSA) is 34.1 Å². The van der Waals surface area contributed by atoms with Crippen molar-refractivity contribution in [2.45, 2.75) is 130 Å². The third-order valence-corrected chi connectivity index (χ3v) is 19.8. The van der Waals surface area contributed by atoms with Gasteiger partial charge >= 0.3 is 0 Å². The number of fused-ring (bicyclic) bond motifs is 14. The molecule has 2 nitrogen and oxygen atoms in total. The number of carbonyl (C=O) groups is 2. The SMILES string of the molecule is C=C1CC[C@]2(C)CC=C3C4C5CC5C5=CC(=O)CCC5(C)C4CCC132.C=C1CC[C@]2(C)CC=C3C4C5C[C@@H]5C5=CC(=O)CCC5(C)C4CCC132. The normalized spacial score (nSPS) is 55.4. The van der Waals surface area contributed by atoms with Gasteiger partial charge in [-0.25, -0.2) is 0 Å². The molecule has 0 amide bonds. The second-order valence-electron chi connectivity index (χ2n) is 21.2. The quantitative estimate of drug-likeness (QED) is 0.241. The second-order valence-corrected chi connectivity index (χ2v) is 21.2. The van der Waals surface area contributed by atoms with Crippen molar-refractivity contribution in [3.63, 3.8) is 0 Å². The molecule has 12 aliphatic carbocycles. The molecule has 50 heavy (non-hydrogen) atoms. The van der Waals surface area contributed by atoms with E-state index in [1.165, 1.54) is 77.0 Å². The number of hydrogen-bond acceptors (Lipinski definition) is 2. The zero-order valence-electron chi connectivity index (χ0n) is 31.5. The van der Waals surface area contributed by atoms with Gasteiger partial charge in [-0.15, -0.1) is 0 Å². The zero-order valence-corrected chi connectivity index (χ0v) is 31.5. The Morgan fingerprint density at radius 3 is 1.40 bits per heavy atom. The molecule has 0 aliphatic heterocycles. The van der Waals surface area contributed by atoms with E-state index in [2.05, 4.69) is 65.2 Å². The largest absolute Gasteiger partial charge is 0.295 e. The molecule has 0 heterocycles. The van der Waals surface area contributed by atoms with Crippen LogP contribution < -0.4 is 0 Å². The number of carbonyl (C=O) groups excluding carboxylic acids is 2. The van der Waals surface area contributed by atoms with Crippen LogP contribution in [0.5, 0.6) is 0 Å². The van der Waals surface area contributed by atoms with Crippen LogP contribution in [0.2, 0.25) is 0 Å². The summed E-state index contributed by atoms with van der Waals surface area (Å²) in [5.41, 5.74) is 12.0. The maximum Gasteiger partial charge on any atom is 0.155 e. The fourth-order valence-corrected chi connectivity index (χ4v) is 17.0. The molecule has 2 heteroatoms. The summed E-state index contributed by atoms with van der Waals surface area (Å²) in [5.74, 6) is 6.97. The molecule has 14 atom stereocenters. The maximum atomic E-state index is 12.1. The summed E-state index contributed by atoms with van der Waals surface area (Å²) in [5, 5.41) is 0. The van der Waals surface area contributed by atoms with E-state index in [1.54, 1.807) is 22.3 Å². The Balaban J connectivity index is 0.000000120. The molecule has 8 fully saturated rings. The molecule has 0 aromatic rings. The molecule has 0 N–H and O–H groups in total. The first-order valence-electron chi connectivity index (χ1n) is 21.1. The number of ketones is 2. The summed E-state index contributed by atoms with van der Waals surface area (Å²) < 4.78 is 0. The number of hydrogen-bond donors (Lipinski definition) is 0. The summed E-state index contributed by atoms with van der Waals surface area (Å²) in [7, 11) is 0. The van der Waals surface area contributed by atoms with Crippen LogP contribution in [0.15, 0.2) is 70.9 Å². The maximum absolute atomic E-state index is 12.1. The van der Waals surface area contributed by atoms with Crippen molar-refractivity contribution < 1.29 is 9.59 Å². The lowest BCUT2D eigenvalue weighted by Gasteiger charge is -2.57. The van der Waals surface area contributed by atoms with Gasteiger partial charge in [-0.3, -0.25) is 9.59 Å². The molecule has 0 aromatic heterocycles. The van der Waals surface area contributed by atoms with Crippen LogP contribution in [0.25, 0.3) is 0 Å². The molecule has 11 unspecified atom stereocenters. The molecule has 12 rings (SSSR count). The van der Waals surface area contributed by atoms with E-state index >= 15 is 0 Å². The van der Waals surface area contributed by atoms with Crippen LogP contribution in [0.4, 0.5) is 0 Å². The average Bonchev–Trinajstić information content (AvgIpc) is 3.98. The van der Waals surface area contributed by atoms with Gasteiger partial charge in [-0.05, 0) is 171 Å². The Morgan fingerprint density at radius 2 is 0.980 bits per heavy atom. The Labute approximate surface area is 301 Å². The standard InChI is InChI=1S/2C24H30O/c2*1-14-4-8-22(2)9-6-19-21-17-13-16(17)20-12-15(25)5-10-23(20,3)18(21)7-11-24(14,19)22/h2*6,12,16-18,21H,1,4-5,7-11,13H2,2-3H3/t16?,17?,18?,21?,22-,23?,24?;16-,17?,18?,21?,22+,23?,24?/m10/s1. The monoisotopic (exact) mass is 668 g/mol. The summed E-state index contributed by atoms with van der Waals surface area (Å²) >= 11 is 0. The molecule has 0 bridgehead atoms. The Morgan fingerprint density at radius 1 is 0.560 bits per heavy atom. The smallest absolute Gasteiger partial charge is 0.155 e.